The first-order chi connectivity index (χ1) is 8.38. The summed E-state index contributed by atoms with van der Waals surface area (Å²) in [6.07, 6.45) is 5.14. The number of hydrogen-bond acceptors (Lipinski definition) is 3. The number of nitrogens with zero attached hydrogens (tertiary/aromatic N) is 3. The molecule has 0 bridgehead atoms. The van der Waals surface area contributed by atoms with E-state index in [9.17, 15) is 0 Å². The van der Waals surface area contributed by atoms with Crippen molar-refractivity contribution in [3.63, 3.8) is 0 Å². The second kappa shape index (κ2) is 5.04. The number of anilines is 1. The quantitative estimate of drug-likeness (QED) is 0.763. The molecule has 0 spiro atoms. The molecule has 0 saturated heterocycles. The first-order valence-electron chi connectivity index (χ1n) is 6.66. The molecule has 0 radical (unpaired) electrons. The summed E-state index contributed by atoms with van der Waals surface area (Å²) < 4.78 is 0. The van der Waals surface area contributed by atoms with Gasteiger partial charge in [-0.2, -0.15) is 0 Å². The van der Waals surface area contributed by atoms with E-state index in [0.717, 1.165) is 11.6 Å². The number of halogens is 1. The highest BCUT2D eigenvalue weighted by Gasteiger charge is 2.24. The van der Waals surface area contributed by atoms with E-state index < -0.39 is 0 Å². The molecule has 1 fully saturated rings. The second-order valence-electron chi connectivity index (χ2n) is 6.17. The third-order valence-corrected chi connectivity index (χ3v) is 3.78. The maximum Gasteiger partial charge on any atom is 0.137 e. The van der Waals surface area contributed by atoms with E-state index in [1.165, 1.54) is 25.7 Å². The Labute approximate surface area is 115 Å². The highest BCUT2D eigenvalue weighted by Crippen LogP contribution is 2.28. The van der Waals surface area contributed by atoms with Gasteiger partial charge in [0.2, 0.25) is 0 Å². The maximum absolute atomic E-state index is 6.13. The van der Waals surface area contributed by atoms with Crippen molar-refractivity contribution in [2.24, 2.45) is 0 Å². The van der Waals surface area contributed by atoms with E-state index in [-0.39, 0.29) is 5.41 Å². The standard InChI is InChI=1S/C14H22ClN3/c1-14(2,3)13-16-11(15)9-12(17-13)18(4)10-7-5-6-8-10/h9-10H,5-8H2,1-4H3. The summed E-state index contributed by atoms with van der Waals surface area (Å²) in [7, 11) is 2.11. The summed E-state index contributed by atoms with van der Waals surface area (Å²) in [6, 6.07) is 2.47. The fraction of sp³-hybridized carbons (Fsp3) is 0.714. The summed E-state index contributed by atoms with van der Waals surface area (Å²) in [5.41, 5.74) is -0.0732. The van der Waals surface area contributed by atoms with Crippen LogP contribution < -0.4 is 4.90 Å². The summed E-state index contributed by atoms with van der Waals surface area (Å²) in [5, 5.41) is 0.537. The molecule has 1 aliphatic carbocycles. The first-order valence-corrected chi connectivity index (χ1v) is 7.03. The van der Waals surface area contributed by atoms with Crippen molar-refractivity contribution in [1.29, 1.82) is 0 Å². The van der Waals surface area contributed by atoms with Crippen LogP contribution in [0.5, 0.6) is 0 Å². The van der Waals surface area contributed by atoms with E-state index in [0.29, 0.717) is 11.2 Å². The lowest BCUT2D eigenvalue weighted by atomic mass is 9.96. The van der Waals surface area contributed by atoms with Gasteiger partial charge in [0.05, 0.1) is 0 Å². The van der Waals surface area contributed by atoms with Crippen LogP contribution >= 0.6 is 11.6 Å². The van der Waals surface area contributed by atoms with Crippen LogP contribution in [0.1, 0.15) is 52.3 Å². The molecule has 18 heavy (non-hydrogen) atoms. The average Bonchev–Trinajstić information content (AvgIpc) is 2.79. The van der Waals surface area contributed by atoms with Crippen LogP contribution in [0.25, 0.3) is 0 Å². The van der Waals surface area contributed by atoms with Crippen LogP contribution in [-0.2, 0) is 5.41 Å². The lowest BCUT2D eigenvalue weighted by molar-refractivity contribution is 0.541. The van der Waals surface area contributed by atoms with Gasteiger partial charge >= 0.3 is 0 Å². The van der Waals surface area contributed by atoms with Gasteiger partial charge in [0.15, 0.2) is 0 Å². The lowest BCUT2D eigenvalue weighted by Crippen LogP contribution is -2.30. The van der Waals surface area contributed by atoms with Crippen molar-refractivity contribution in [2.45, 2.75) is 57.9 Å². The third kappa shape index (κ3) is 2.94. The van der Waals surface area contributed by atoms with Gasteiger partial charge in [-0.3, -0.25) is 0 Å². The van der Waals surface area contributed by atoms with Crippen molar-refractivity contribution in [3.8, 4) is 0 Å². The molecule has 1 heterocycles. The molecule has 3 nitrogen and oxygen atoms in total. The minimum absolute atomic E-state index is 0.0732. The highest BCUT2D eigenvalue weighted by atomic mass is 35.5. The fourth-order valence-corrected chi connectivity index (χ4v) is 2.58. The van der Waals surface area contributed by atoms with Gasteiger partial charge in [0.1, 0.15) is 16.8 Å². The minimum Gasteiger partial charge on any atom is -0.357 e. The van der Waals surface area contributed by atoms with Crippen LogP contribution in [0.4, 0.5) is 5.82 Å². The Balaban J connectivity index is 2.29. The Morgan fingerprint density at radius 1 is 1.22 bits per heavy atom. The molecule has 100 valence electrons. The van der Waals surface area contributed by atoms with Crippen molar-refractivity contribution in [2.75, 3.05) is 11.9 Å². The SMILES string of the molecule is CN(c1cc(Cl)nc(C(C)(C)C)n1)C1CCCC1. The zero-order chi connectivity index (χ0) is 13.3. The van der Waals surface area contributed by atoms with Gasteiger partial charge in [-0.25, -0.2) is 9.97 Å². The van der Waals surface area contributed by atoms with E-state index in [2.05, 4.69) is 42.7 Å². The van der Waals surface area contributed by atoms with Gasteiger partial charge in [-0.1, -0.05) is 45.2 Å². The van der Waals surface area contributed by atoms with Crippen LogP contribution in [0.2, 0.25) is 5.15 Å². The van der Waals surface area contributed by atoms with Crippen molar-refractivity contribution in [1.82, 2.24) is 9.97 Å². The normalized spacial score (nSPS) is 17.2. The van der Waals surface area contributed by atoms with Crippen molar-refractivity contribution < 1.29 is 0 Å². The zero-order valence-corrected chi connectivity index (χ0v) is 12.5. The fourth-order valence-electron chi connectivity index (χ4n) is 2.40. The van der Waals surface area contributed by atoms with E-state index in [1.807, 2.05) is 6.07 Å². The molecule has 0 N–H and O–H groups in total. The minimum atomic E-state index is -0.0732. The number of aromatic nitrogens is 2. The monoisotopic (exact) mass is 267 g/mol. The van der Waals surface area contributed by atoms with Gasteiger partial charge in [-0.05, 0) is 12.8 Å². The molecular weight excluding hydrogens is 246 g/mol. The molecule has 0 aliphatic heterocycles. The molecule has 4 heteroatoms. The highest BCUT2D eigenvalue weighted by molar-refractivity contribution is 6.29. The van der Waals surface area contributed by atoms with Crippen LogP contribution in [0, 0.1) is 0 Å². The maximum atomic E-state index is 6.13. The molecule has 1 aromatic rings. The second-order valence-corrected chi connectivity index (χ2v) is 6.56. The molecule has 0 aromatic carbocycles. The molecule has 1 saturated carbocycles. The van der Waals surface area contributed by atoms with Crippen LogP contribution in [0.15, 0.2) is 6.07 Å². The Bertz CT molecular complexity index is 420. The Morgan fingerprint density at radius 3 is 2.39 bits per heavy atom. The van der Waals surface area contributed by atoms with Crippen LogP contribution in [-0.4, -0.2) is 23.1 Å². The topological polar surface area (TPSA) is 29.0 Å². The van der Waals surface area contributed by atoms with E-state index in [4.69, 9.17) is 11.6 Å². The first kappa shape index (κ1) is 13.6. The molecule has 1 aliphatic rings. The Kier molecular flexibility index (Phi) is 3.81. The number of rotatable bonds is 2. The largest absolute Gasteiger partial charge is 0.357 e. The predicted molar refractivity (Wildman–Crippen MR) is 76.4 cm³/mol. The average molecular weight is 268 g/mol. The van der Waals surface area contributed by atoms with Gasteiger partial charge < -0.3 is 4.90 Å². The van der Waals surface area contributed by atoms with Crippen molar-refractivity contribution >= 4 is 17.4 Å². The Morgan fingerprint density at radius 2 is 1.83 bits per heavy atom. The lowest BCUT2D eigenvalue weighted by Gasteiger charge is -2.27. The smallest absolute Gasteiger partial charge is 0.137 e. The summed E-state index contributed by atoms with van der Waals surface area (Å²) >= 11 is 6.13. The Hall–Kier alpha value is -0.830. The molecule has 0 amide bonds. The number of hydrogen-bond donors (Lipinski definition) is 0. The van der Waals surface area contributed by atoms with E-state index >= 15 is 0 Å². The van der Waals surface area contributed by atoms with Crippen LogP contribution in [0.3, 0.4) is 0 Å². The van der Waals surface area contributed by atoms with Gasteiger partial charge in [0.25, 0.3) is 0 Å². The summed E-state index contributed by atoms with van der Waals surface area (Å²) in [6.45, 7) is 6.33. The zero-order valence-electron chi connectivity index (χ0n) is 11.7. The van der Waals surface area contributed by atoms with E-state index in [1.54, 1.807) is 0 Å². The molecule has 2 rings (SSSR count). The van der Waals surface area contributed by atoms with Gasteiger partial charge in [-0.15, -0.1) is 0 Å². The molecule has 0 unspecified atom stereocenters. The molecule has 0 atom stereocenters. The van der Waals surface area contributed by atoms with Gasteiger partial charge in [0, 0.05) is 24.6 Å². The molecule has 1 aromatic heterocycles. The third-order valence-electron chi connectivity index (χ3n) is 3.59. The summed E-state index contributed by atoms with van der Waals surface area (Å²) in [5.74, 6) is 1.77. The summed E-state index contributed by atoms with van der Waals surface area (Å²) in [4.78, 5) is 11.3. The van der Waals surface area contributed by atoms with Crippen molar-refractivity contribution in [3.05, 3.63) is 17.0 Å². The predicted octanol–water partition coefficient (Wildman–Crippen LogP) is 3.81. The molecular formula is C14H22ClN3.